The lowest BCUT2D eigenvalue weighted by atomic mass is 9.98. The lowest BCUT2D eigenvalue weighted by Gasteiger charge is -2.24. The minimum Gasteiger partial charge on any atom is -0.383 e. The first-order valence-corrected chi connectivity index (χ1v) is 14.3. The van der Waals surface area contributed by atoms with Crippen LogP contribution in [0.2, 0.25) is 0 Å². The summed E-state index contributed by atoms with van der Waals surface area (Å²) in [6, 6.07) is 12.0. The molecule has 39 heavy (non-hydrogen) atoms. The van der Waals surface area contributed by atoms with Gasteiger partial charge in [-0.1, -0.05) is 24.8 Å². The van der Waals surface area contributed by atoms with E-state index in [1.807, 2.05) is 30.8 Å². The standard InChI is InChI=1S/C28H30FN7O2S/c1-17(2)28(37)33-20-8-5-18(6-9-20)25-23(24-26(30)31-16-32-27(24)36(25)4)19-7-10-22(21(29)15-19)34-39(38)13-11-35(3)12-14-39/h5-10,15-16H,1,11-14H2,2-4H3,(H,33,37)(H2,30,31,32). The maximum Gasteiger partial charge on any atom is 0.250 e. The van der Waals surface area contributed by atoms with Crippen LogP contribution in [0.25, 0.3) is 33.4 Å². The fourth-order valence-electron chi connectivity index (χ4n) is 4.66. The number of aromatic nitrogens is 3. The molecule has 9 nitrogen and oxygen atoms in total. The van der Waals surface area contributed by atoms with E-state index in [4.69, 9.17) is 5.73 Å². The summed E-state index contributed by atoms with van der Waals surface area (Å²) in [7, 11) is 1.31. The molecule has 1 amide bonds. The third kappa shape index (κ3) is 5.15. The van der Waals surface area contributed by atoms with Gasteiger partial charge in [-0.3, -0.25) is 4.79 Å². The second-order valence-corrected chi connectivity index (χ2v) is 12.3. The fourth-order valence-corrected chi connectivity index (χ4v) is 6.75. The Bertz CT molecular complexity index is 1720. The second-order valence-electron chi connectivity index (χ2n) is 9.79. The van der Waals surface area contributed by atoms with Crippen LogP contribution in [0.1, 0.15) is 6.92 Å². The van der Waals surface area contributed by atoms with Crippen LogP contribution in [0.4, 0.5) is 21.6 Å². The Labute approximate surface area is 226 Å². The molecule has 11 heteroatoms. The smallest absolute Gasteiger partial charge is 0.250 e. The van der Waals surface area contributed by atoms with E-state index >= 15 is 4.39 Å². The molecule has 1 fully saturated rings. The van der Waals surface area contributed by atoms with E-state index in [1.165, 1.54) is 12.4 Å². The van der Waals surface area contributed by atoms with Crippen LogP contribution in [0.3, 0.4) is 0 Å². The van der Waals surface area contributed by atoms with E-state index in [2.05, 4.69) is 31.1 Å². The summed E-state index contributed by atoms with van der Waals surface area (Å²) < 4.78 is 34.9. The largest absolute Gasteiger partial charge is 0.383 e. The number of rotatable bonds is 5. The highest BCUT2D eigenvalue weighted by atomic mass is 32.2. The Kier molecular flexibility index (Phi) is 6.96. The summed E-state index contributed by atoms with van der Waals surface area (Å²) in [5, 5.41) is 3.39. The number of hydrogen-bond donors (Lipinski definition) is 2. The van der Waals surface area contributed by atoms with Crippen molar-refractivity contribution in [2.45, 2.75) is 6.92 Å². The highest BCUT2D eigenvalue weighted by Gasteiger charge is 2.23. The molecule has 4 aromatic rings. The fraction of sp³-hybridized carbons (Fsp3) is 0.250. The number of amides is 1. The van der Waals surface area contributed by atoms with E-state index in [9.17, 15) is 9.00 Å². The monoisotopic (exact) mass is 547 g/mol. The second kappa shape index (κ2) is 10.2. The first kappa shape index (κ1) is 26.5. The van der Waals surface area contributed by atoms with Crippen molar-refractivity contribution in [2.24, 2.45) is 11.4 Å². The molecule has 202 valence electrons. The van der Waals surface area contributed by atoms with Crippen molar-refractivity contribution in [2.75, 3.05) is 42.7 Å². The molecule has 0 unspecified atom stereocenters. The molecular weight excluding hydrogens is 517 g/mol. The highest BCUT2D eigenvalue weighted by molar-refractivity contribution is 7.93. The van der Waals surface area contributed by atoms with Crippen LogP contribution in [0.5, 0.6) is 0 Å². The van der Waals surface area contributed by atoms with Crippen LogP contribution in [0.15, 0.2) is 65.3 Å². The third-order valence-electron chi connectivity index (χ3n) is 6.89. The Morgan fingerprint density at radius 3 is 2.41 bits per heavy atom. The van der Waals surface area contributed by atoms with E-state index in [1.54, 1.807) is 31.2 Å². The third-order valence-corrected chi connectivity index (χ3v) is 9.06. The molecule has 0 spiro atoms. The molecule has 1 saturated heterocycles. The van der Waals surface area contributed by atoms with E-state index in [0.717, 1.165) is 11.3 Å². The average Bonchev–Trinajstić information content (AvgIpc) is 3.21. The number of aryl methyl sites for hydroxylation is 1. The molecule has 5 rings (SSSR count). The van der Waals surface area contributed by atoms with Gasteiger partial charge in [0.25, 0.3) is 5.91 Å². The Balaban J connectivity index is 1.62. The molecule has 1 aliphatic rings. The summed E-state index contributed by atoms with van der Waals surface area (Å²) in [6.07, 6.45) is 1.39. The molecule has 1 aliphatic heterocycles. The van der Waals surface area contributed by atoms with Crippen LogP contribution >= 0.6 is 0 Å². The van der Waals surface area contributed by atoms with Gasteiger partial charge in [-0.15, -0.1) is 0 Å². The van der Waals surface area contributed by atoms with Gasteiger partial charge in [-0.2, -0.15) is 4.36 Å². The number of carbonyl (C=O) groups excluding carboxylic acids is 1. The lowest BCUT2D eigenvalue weighted by molar-refractivity contribution is -0.112. The Morgan fingerprint density at radius 1 is 1.10 bits per heavy atom. The summed E-state index contributed by atoms with van der Waals surface area (Å²) in [5.41, 5.74) is 10.8. The van der Waals surface area contributed by atoms with Gasteiger partial charge in [0, 0.05) is 48.5 Å². The van der Waals surface area contributed by atoms with E-state index in [-0.39, 0.29) is 17.4 Å². The maximum atomic E-state index is 15.5. The SMILES string of the molecule is C=C(C)C(=O)Nc1ccc(-c2c(-c3ccc(N=S4(=O)CCN(C)CC4)c(F)c3)c3c(N)ncnc3n2C)cc1. The first-order valence-electron chi connectivity index (χ1n) is 12.4. The van der Waals surface area contributed by atoms with Gasteiger partial charge in [-0.05, 0) is 49.4 Å². The molecule has 0 aliphatic carbocycles. The molecule has 2 aromatic heterocycles. The number of nitrogen functional groups attached to an aromatic ring is 1. The molecule has 0 bridgehead atoms. The van der Waals surface area contributed by atoms with Crippen LogP contribution in [-0.4, -0.2) is 61.2 Å². The zero-order valence-electron chi connectivity index (χ0n) is 22.1. The number of benzene rings is 2. The summed E-state index contributed by atoms with van der Waals surface area (Å²) in [4.78, 5) is 22.7. The minimum absolute atomic E-state index is 0.0805. The van der Waals surface area contributed by atoms with Gasteiger partial charge in [-0.25, -0.2) is 18.6 Å². The van der Waals surface area contributed by atoms with Crippen LogP contribution in [0, 0.1) is 5.82 Å². The zero-order chi connectivity index (χ0) is 27.9. The summed E-state index contributed by atoms with van der Waals surface area (Å²) in [6.45, 7) is 6.63. The number of carbonyl (C=O) groups is 1. The number of fused-ring (bicyclic) bond motifs is 1. The zero-order valence-corrected chi connectivity index (χ0v) is 22.9. The number of halogens is 1. The first-order chi connectivity index (χ1) is 18.6. The van der Waals surface area contributed by atoms with Gasteiger partial charge in [0.2, 0.25) is 0 Å². The van der Waals surface area contributed by atoms with Gasteiger partial charge in [0.15, 0.2) is 0 Å². The summed E-state index contributed by atoms with van der Waals surface area (Å²) in [5.74, 6) is 0.263. The topological polar surface area (TPSA) is 118 Å². The molecule has 0 atom stereocenters. The van der Waals surface area contributed by atoms with Crippen molar-refractivity contribution in [1.29, 1.82) is 0 Å². The van der Waals surface area contributed by atoms with Crippen molar-refractivity contribution in [3.63, 3.8) is 0 Å². The van der Waals surface area contributed by atoms with Crippen molar-refractivity contribution < 1.29 is 13.4 Å². The van der Waals surface area contributed by atoms with Crippen molar-refractivity contribution >= 4 is 43.9 Å². The van der Waals surface area contributed by atoms with Gasteiger partial charge >= 0.3 is 0 Å². The van der Waals surface area contributed by atoms with Crippen LogP contribution < -0.4 is 11.1 Å². The highest BCUT2D eigenvalue weighted by Crippen LogP contribution is 2.42. The maximum absolute atomic E-state index is 15.5. The van der Waals surface area contributed by atoms with E-state index in [0.29, 0.717) is 58.0 Å². The van der Waals surface area contributed by atoms with Crippen molar-refractivity contribution in [3.05, 3.63) is 66.8 Å². The summed E-state index contributed by atoms with van der Waals surface area (Å²) >= 11 is 0. The molecule has 3 N–H and O–H groups in total. The normalized spacial score (nSPS) is 15.3. The predicted molar refractivity (Wildman–Crippen MR) is 155 cm³/mol. The number of nitrogens with two attached hydrogens (primary N) is 1. The van der Waals surface area contributed by atoms with Crippen molar-refractivity contribution in [1.82, 2.24) is 19.4 Å². The number of hydrogen-bond acceptors (Lipinski definition) is 7. The van der Waals surface area contributed by atoms with Gasteiger partial charge < -0.3 is 20.5 Å². The molecule has 3 heterocycles. The number of nitrogens with zero attached hydrogens (tertiary/aromatic N) is 5. The number of anilines is 2. The Morgan fingerprint density at radius 2 is 1.77 bits per heavy atom. The predicted octanol–water partition coefficient (Wildman–Crippen LogP) is 4.58. The average molecular weight is 548 g/mol. The van der Waals surface area contributed by atoms with Crippen molar-refractivity contribution in [3.8, 4) is 22.4 Å². The lowest BCUT2D eigenvalue weighted by Crippen LogP contribution is -2.37. The molecule has 2 aromatic carbocycles. The number of nitrogens with one attached hydrogen (secondary N) is 1. The van der Waals surface area contributed by atoms with Gasteiger partial charge in [0.1, 0.15) is 29.3 Å². The molecular formula is C28H30FN7O2S. The van der Waals surface area contributed by atoms with E-state index < -0.39 is 15.5 Å². The van der Waals surface area contributed by atoms with Crippen LogP contribution in [-0.2, 0) is 21.6 Å². The molecule has 0 radical (unpaired) electrons. The quantitative estimate of drug-likeness (QED) is 0.353. The van der Waals surface area contributed by atoms with Gasteiger partial charge in [0.05, 0.1) is 20.8 Å². The Hall–Kier alpha value is -4.09. The minimum atomic E-state index is -2.52. The molecule has 0 saturated carbocycles.